The fourth-order valence-corrected chi connectivity index (χ4v) is 1.73. The van der Waals surface area contributed by atoms with Crippen molar-refractivity contribution >= 4 is 0 Å². The Kier molecular flexibility index (Phi) is 3.53. The lowest BCUT2D eigenvalue weighted by molar-refractivity contribution is 0.202. The van der Waals surface area contributed by atoms with E-state index in [1.807, 2.05) is 0 Å². The van der Waals surface area contributed by atoms with Crippen LogP contribution in [0.25, 0.3) is 0 Å². The van der Waals surface area contributed by atoms with E-state index in [4.69, 9.17) is 0 Å². The molecule has 0 aromatic heterocycles. The quantitative estimate of drug-likeness (QED) is 0.638. The van der Waals surface area contributed by atoms with E-state index in [9.17, 15) is 0 Å². The highest BCUT2D eigenvalue weighted by Crippen LogP contribution is 2.15. The molecule has 1 rings (SSSR count). The molecule has 1 fully saturated rings. The highest BCUT2D eigenvalue weighted by Gasteiger charge is 2.16. The van der Waals surface area contributed by atoms with Crippen LogP contribution in [0.3, 0.4) is 0 Å². The molecule has 1 N–H and O–H groups in total. The summed E-state index contributed by atoms with van der Waals surface area (Å²) >= 11 is 0. The Labute approximate surface area is 76.3 Å². The predicted molar refractivity (Wildman–Crippen MR) is 53.4 cm³/mol. The number of hydrogen-bond donors (Lipinski definition) is 1. The van der Waals surface area contributed by atoms with Crippen LogP contribution >= 0.6 is 0 Å². The maximum absolute atomic E-state index is 3.42. The molecule has 2 nitrogen and oxygen atoms in total. The van der Waals surface area contributed by atoms with Gasteiger partial charge < -0.3 is 10.2 Å². The van der Waals surface area contributed by atoms with Crippen LogP contribution in [0.15, 0.2) is 0 Å². The molecule has 0 radical (unpaired) electrons. The molecule has 0 aromatic carbocycles. The molecular weight excluding hydrogens is 148 g/mol. The minimum atomic E-state index is 0.449. The van der Waals surface area contributed by atoms with Gasteiger partial charge in [0, 0.05) is 19.6 Å². The summed E-state index contributed by atoms with van der Waals surface area (Å²) in [5.41, 5.74) is 0.449. The minimum absolute atomic E-state index is 0.449. The molecule has 0 aromatic rings. The Morgan fingerprint density at radius 3 is 2.58 bits per heavy atom. The molecule has 1 aliphatic heterocycles. The van der Waals surface area contributed by atoms with E-state index in [-0.39, 0.29) is 0 Å². The van der Waals surface area contributed by atoms with Crippen molar-refractivity contribution in [1.29, 1.82) is 0 Å². The molecule has 1 heterocycles. The van der Waals surface area contributed by atoms with Crippen molar-refractivity contribution in [2.24, 2.45) is 5.41 Å². The molecule has 0 spiro atoms. The van der Waals surface area contributed by atoms with Gasteiger partial charge in [-0.1, -0.05) is 20.8 Å². The largest absolute Gasteiger partial charge is 0.315 e. The predicted octanol–water partition coefficient (Wildman–Crippen LogP) is 1.33. The van der Waals surface area contributed by atoms with E-state index in [1.54, 1.807) is 0 Å². The topological polar surface area (TPSA) is 15.3 Å². The minimum Gasteiger partial charge on any atom is -0.315 e. The van der Waals surface area contributed by atoms with Gasteiger partial charge in [-0.25, -0.2) is 0 Å². The van der Waals surface area contributed by atoms with Gasteiger partial charge in [-0.3, -0.25) is 0 Å². The second-order valence-corrected chi connectivity index (χ2v) is 4.94. The summed E-state index contributed by atoms with van der Waals surface area (Å²) < 4.78 is 0. The van der Waals surface area contributed by atoms with Crippen molar-refractivity contribution in [2.75, 3.05) is 32.7 Å². The molecule has 0 saturated carbocycles. The lowest BCUT2D eigenvalue weighted by Gasteiger charge is -2.28. The number of hydrogen-bond acceptors (Lipinski definition) is 2. The van der Waals surface area contributed by atoms with Gasteiger partial charge in [0.2, 0.25) is 0 Å². The summed E-state index contributed by atoms with van der Waals surface area (Å²) in [5.74, 6) is 0. The zero-order valence-electron chi connectivity index (χ0n) is 8.69. The SMILES string of the molecule is CC(C)(C)CN1CCCNCC1. The average molecular weight is 170 g/mol. The first kappa shape index (κ1) is 10.0. The second kappa shape index (κ2) is 4.24. The third kappa shape index (κ3) is 4.07. The lowest BCUT2D eigenvalue weighted by atomic mass is 9.96. The summed E-state index contributed by atoms with van der Waals surface area (Å²) in [6, 6.07) is 0. The highest BCUT2D eigenvalue weighted by atomic mass is 15.2. The van der Waals surface area contributed by atoms with E-state index in [1.165, 1.54) is 32.6 Å². The molecule has 1 saturated heterocycles. The summed E-state index contributed by atoms with van der Waals surface area (Å²) in [4.78, 5) is 2.57. The van der Waals surface area contributed by atoms with Crippen LogP contribution in [0.1, 0.15) is 27.2 Å². The molecule has 0 aliphatic carbocycles. The van der Waals surface area contributed by atoms with Crippen LogP contribution in [-0.2, 0) is 0 Å². The lowest BCUT2D eigenvalue weighted by Crippen LogP contribution is -2.35. The zero-order valence-corrected chi connectivity index (χ0v) is 8.69. The maximum Gasteiger partial charge on any atom is 0.0107 e. The molecule has 2 heteroatoms. The van der Waals surface area contributed by atoms with Crippen LogP contribution in [0, 0.1) is 5.41 Å². The van der Waals surface area contributed by atoms with Gasteiger partial charge in [0.05, 0.1) is 0 Å². The summed E-state index contributed by atoms with van der Waals surface area (Å²) in [6.45, 7) is 13.0. The van der Waals surface area contributed by atoms with Crippen molar-refractivity contribution < 1.29 is 0 Å². The van der Waals surface area contributed by atoms with Crippen LogP contribution in [0.4, 0.5) is 0 Å². The first-order chi connectivity index (χ1) is 5.58. The van der Waals surface area contributed by atoms with Gasteiger partial charge in [0.15, 0.2) is 0 Å². The average Bonchev–Trinajstić information content (AvgIpc) is 2.12. The fraction of sp³-hybridized carbons (Fsp3) is 1.00. The normalized spacial score (nSPS) is 22.2. The van der Waals surface area contributed by atoms with E-state index < -0.39 is 0 Å². The highest BCUT2D eigenvalue weighted by molar-refractivity contribution is 4.72. The fourth-order valence-electron chi connectivity index (χ4n) is 1.73. The number of rotatable bonds is 1. The summed E-state index contributed by atoms with van der Waals surface area (Å²) in [7, 11) is 0. The van der Waals surface area contributed by atoms with Gasteiger partial charge >= 0.3 is 0 Å². The van der Waals surface area contributed by atoms with Crippen LogP contribution in [0.2, 0.25) is 0 Å². The number of nitrogens with one attached hydrogen (secondary N) is 1. The van der Waals surface area contributed by atoms with Crippen molar-refractivity contribution in [3.8, 4) is 0 Å². The van der Waals surface area contributed by atoms with E-state index >= 15 is 0 Å². The monoisotopic (exact) mass is 170 g/mol. The summed E-state index contributed by atoms with van der Waals surface area (Å²) in [6.07, 6.45) is 1.30. The molecule has 0 unspecified atom stereocenters. The van der Waals surface area contributed by atoms with Gasteiger partial charge in [-0.05, 0) is 24.9 Å². The molecule has 0 atom stereocenters. The zero-order chi connectivity index (χ0) is 9.03. The third-order valence-corrected chi connectivity index (χ3v) is 2.13. The van der Waals surface area contributed by atoms with E-state index in [2.05, 4.69) is 31.0 Å². The standard InChI is InChI=1S/C10H22N2/c1-10(2,3)9-12-7-4-5-11-6-8-12/h11H,4-9H2,1-3H3. The Morgan fingerprint density at radius 2 is 1.92 bits per heavy atom. The summed E-state index contributed by atoms with van der Waals surface area (Å²) in [5, 5.41) is 3.42. The molecule has 72 valence electrons. The van der Waals surface area contributed by atoms with Gasteiger partial charge in [-0.2, -0.15) is 0 Å². The molecule has 12 heavy (non-hydrogen) atoms. The van der Waals surface area contributed by atoms with E-state index in [0.29, 0.717) is 5.41 Å². The molecule has 1 aliphatic rings. The molecule has 0 bridgehead atoms. The Balaban J connectivity index is 2.30. The number of nitrogens with zero attached hydrogens (tertiary/aromatic N) is 1. The third-order valence-electron chi connectivity index (χ3n) is 2.13. The smallest absolute Gasteiger partial charge is 0.0107 e. The Hall–Kier alpha value is -0.0800. The van der Waals surface area contributed by atoms with Gasteiger partial charge in [-0.15, -0.1) is 0 Å². The van der Waals surface area contributed by atoms with Crippen LogP contribution in [0.5, 0.6) is 0 Å². The maximum atomic E-state index is 3.42. The van der Waals surface area contributed by atoms with Crippen molar-refractivity contribution in [3.63, 3.8) is 0 Å². The molecular formula is C10H22N2. The Bertz CT molecular complexity index is 118. The van der Waals surface area contributed by atoms with E-state index in [0.717, 1.165) is 6.54 Å². The second-order valence-electron chi connectivity index (χ2n) is 4.94. The van der Waals surface area contributed by atoms with Crippen molar-refractivity contribution in [1.82, 2.24) is 10.2 Å². The van der Waals surface area contributed by atoms with Crippen LogP contribution < -0.4 is 5.32 Å². The van der Waals surface area contributed by atoms with Crippen molar-refractivity contribution in [2.45, 2.75) is 27.2 Å². The first-order valence-corrected chi connectivity index (χ1v) is 5.01. The van der Waals surface area contributed by atoms with Gasteiger partial charge in [0.1, 0.15) is 0 Å². The first-order valence-electron chi connectivity index (χ1n) is 5.01. The van der Waals surface area contributed by atoms with Gasteiger partial charge in [0.25, 0.3) is 0 Å². The van der Waals surface area contributed by atoms with Crippen LogP contribution in [-0.4, -0.2) is 37.6 Å². The molecule has 0 amide bonds. The van der Waals surface area contributed by atoms with Crippen molar-refractivity contribution in [3.05, 3.63) is 0 Å². The Morgan fingerprint density at radius 1 is 1.17 bits per heavy atom.